The minimum absolute atomic E-state index is 0.367. The number of hydrogen-bond donors (Lipinski definition) is 0. The highest BCUT2D eigenvalue weighted by molar-refractivity contribution is 5.95. The molecule has 19 heavy (non-hydrogen) atoms. The number of aryl methyl sites for hydroxylation is 1. The van der Waals surface area contributed by atoms with E-state index in [4.69, 9.17) is 4.74 Å². The molecule has 0 aliphatic rings. The molecule has 1 heterocycles. The van der Waals surface area contributed by atoms with Crippen LogP contribution in [0.15, 0.2) is 36.4 Å². The Labute approximate surface area is 110 Å². The summed E-state index contributed by atoms with van der Waals surface area (Å²) in [6, 6.07) is 11.1. The van der Waals surface area contributed by atoms with Crippen LogP contribution in [0.2, 0.25) is 0 Å². The lowest BCUT2D eigenvalue weighted by atomic mass is 10.1. The Kier molecular flexibility index (Phi) is 2.63. The van der Waals surface area contributed by atoms with E-state index in [0.717, 1.165) is 22.1 Å². The van der Waals surface area contributed by atoms with Gasteiger partial charge in [-0.3, -0.25) is 0 Å². The first-order valence-corrected chi connectivity index (χ1v) is 5.94. The number of ether oxygens (including phenoxy) is 1. The lowest BCUT2D eigenvalue weighted by Gasteiger charge is -2.04. The van der Waals surface area contributed by atoms with Gasteiger partial charge in [0, 0.05) is 0 Å². The molecule has 0 spiro atoms. The molecule has 0 saturated heterocycles. The van der Waals surface area contributed by atoms with Gasteiger partial charge in [0.1, 0.15) is 0 Å². The fourth-order valence-corrected chi connectivity index (χ4v) is 2.08. The lowest BCUT2D eigenvalue weighted by Crippen LogP contribution is -2.01. The molecule has 0 aliphatic carbocycles. The Morgan fingerprint density at radius 2 is 1.89 bits per heavy atom. The predicted molar refractivity (Wildman–Crippen MR) is 73.1 cm³/mol. The van der Waals surface area contributed by atoms with E-state index in [9.17, 15) is 4.79 Å². The quantitative estimate of drug-likeness (QED) is 0.493. The second-order valence-corrected chi connectivity index (χ2v) is 4.36. The standard InChI is InChI=1S/C15H12N2O2/c1-9-4-3-5-12-14(9)17-13-8-10(15(18)19-2)6-7-11(13)16-12/h3-8H,1-2H3. The van der Waals surface area contributed by atoms with E-state index in [1.54, 1.807) is 18.2 Å². The molecule has 0 fully saturated rings. The SMILES string of the molecule is COC(=O)c1ccc2nc3cccc(C)c3nc2c1. The highest BCUT2D eigenvalue weighted by Gasteiger charge is 2.09. The minimum atomic E-state index is -0.367. The van der Waals surface area contributed by atoms with Gasteiger partial charge >= 0.3 is 5.97 Å². The summed E-state index contributed by atoms with van der Waals surface area (Å²) in [5.41, 5.74) is 4.73. The van der Waals surface area contributed by atoms with Crippen LogP contribution in [-0.2, 0) is 4.74 Å². The third-order valence-electron chi connectivity index (χ3n) is 3.09. The van der Waals surface area contributed by atoms with Crippen molar-refractivity contribution in [3.05, 3.63) is 47.5 Å². The van der Waals surface area contributed by atoms with Crippen molar-refractivity contribution < 1.29 is 9.53 Å². The maximum Gasteiger partial charge on any atom is 0.337 e. The van der Waals surface area contributed by atoms with E-state index in [-0.39, 0.29) is 5.97 Å². The van der Waals surface area contributed by atoms with Gasteiger partial charge in [0.05, 0.1) is 34.7 Å². The molecule has 0 saturated carbocycles. The number of carbonyl (C=O) groups excluding carboxylic acids is 1. The Morgan fingerprint density at radius 1 is 1.05 bits per heavy atom. The summed E-state index contributed by atoms with van der Waals surface area (Å²) in [4.78, 5) is 20.7. The van der Waals surface area contributed by atoms with Crippen molar-refractivity contribution >= 4 is 28.0 Å². The smallest absolute Gasteiger partial charge is 0.337 e. The monoisotopic (exact) mass is 252 g/mol. The molecule has 0 radical (unpaired) electrons. The van der Waals surface area contributed by atoms with Crippen LogP contribution in [0, 0.1) is 6.92 Å². The molecule has 94 valence electrons. The fraction of sp³-hybridized carbons (Fsp3) is 0.133. The Balaban J connectivity index is 2.30. The first-order valence-electron chi connectivity index (χ1n) is 5.94. The van der Waals surface area contributed by atoms with Crippen molar-refractivity contribution in [2.45, 2.75) is 6.92 Å². The van der Waals surface area contributed by atoms with E-state index in [1.165, 1.54) is 7.11 Å². The molecule has 0 aliphatic heterocycles. The summed E-state index contributed by atoms with van der Waals surface area (Å²) >= 11 is 0. The molecule has 4 heteroatoms. The highest BCUT2D eigenvalue weighted by atomic mass is 16.5. The number of aromatic nitrogens is 2. The van der Waals surface area contributed by atoms with Crippen molar-refractivity contribution in [3.8, 4) is 0 Å². The van der Waals surface area contributed by atoms with Gasteiger partial charge in [-0.2, -0.15) is 0 Å². The minimum Gasteiger partial charge on any atom is -0.465 e. The zero-order valence-electron chi connectivity index (χ0n) is 10.7. The van der Waals surface area contributed by atoms with E-state index in [0.29, 0.717) is 11.1 Å². The maximum absolute atomic E-state index is 11.5. The van der Waals surface area contributed by atoms with Crippen molar-refractivity contribution in [2.75, 3.05) is 7.11 Å². The first-order chi connectivity index (χ1) is 9.19. The zero-order chi connectivity index (χ0) is 13.4. The second kappa shape index (κ2) is 4.31. The van der Waals surface area contributed by atoms with Gasteiger partial charge in [0.15, 0.2) is 0 Å². The molecular formula is C15H12N2O2. The van der Waals surface area contributed by atoms with Crippen molar-refractivity contribution in [2.24, 2.45) is 0 Å². The van der Waals surface area contributed by atoms with Gasteiger partial charge in [-0.1, -0.05) is 12.1 Å². The zero-order valence-corrected chi connectivity index (χ0v) is 10.7. The number of carbonyl (C=O) groups is 1. The fourth-order valence-electron chi connectivity index (χ4n) is 2.08. The molecule has 2 aromatic carbocycles. The molecule has 0 amide bonds. The topological polar surface area (TPSA) is 52.1 Å². The molecule has 1 aromatic heterocycles. The number of benzene rings is 2. The Morgan fingerprint density at radius 3 is 2.68 bits per heavy atom. The van der Waals surface area contributed by atoms with Gasteiger partial charge in [0.25, 0.3) is 0 Å². The van der Waals surface area contributed by atoms with E-state index < -0.39 is 0 Å². The summed E-state index contributed by atoms with van der Waals surface area (Å²) in [5.74, 6) is -0.367. The average molecular weight is 252 g/mol. The maximum atomic E-state index is 11.5. The van der Waals surface area contributed by atoms with Crippen LogP contribution in [0.4, 0.5) is 0 Å². The summed E-state index contributed by atoms with van der Waals surface area (Å²) < 4.78 is 4.71. The largest absolute Gasteiger partial charge is 0.465 e. The van der Waals surface area contributed by atoms with Crippen LogP contribution in [0.3, 0.4) is 0 Å². The molecule has 3 aromatic rings. The number of fused-ring (bicyclic) bond motifs is 2. The van der Waals surface area contributed by atoms with Crippen molar-refractivity contribution in [1.82, 2.24) is 9.97 Å². The third kappa shape index (κ3) is 1.91. The summed E-state index contributed by atoms with van der Waals surface area (Å²) in [7, 11) is 1.36. The molecule has 4 nitrogen and oxygen atoms in total. The van der Waals surface area contributed by atoms with Crippen LogP contribution in [-0.4, -0.2) is 23.0 Å². The number of hydrogen-bond acceptors (Lipinski definition) is 4. The first kappa shape index (κ1) is 11.6. The normalized spacial score (nSPS) is 10.8. The second-order valence-electron chi connectivity index (χ2n) is 4.36. The van der Waals surface area contributed by atoms with Crippen LogP contribution in [0.25, 0.3) is 22.1 Å². The van der Waals surface area contributed by atoms with Crippen LogP contribution < -0.4 is 0 Å². The number of rotatable bonds is 1. The van der Waals surface area contributed by atoms with Gasteiger partial charge < -0.3 is 4.74 Å². The lowest BCUT2D eigenvalue weighted by molar-refractivity contribution is 0.0601. The van der Waals surface area contributed by atoms with Crippen LogP contribution >= 0.6 is 0 Å². The molecule has 3 rings (SSSR count). The van der Waals surface area contributed by atoms with E-state index >= 15 is 0 Å². The van der Waals surface area contributed by atoms with Crippen molar-refractivity contribution in [3.63, 3.8) is 0 Å². The predicted octanol–water partition coefficient (Wildman–Crippen LogP) is 2.88. The Hall–Kier alpha value is -2.49. The van der Waals surface area contributed by atoms with E-state index in [1.807, 2.05) is 25.1 Å². The number of methoxy groups -OCH3 is 1. The van der Waals surface area contributed by atoms with Crippen molar-refractivity contribution in [1.29, 1.82) is 0 Å². The number of esters is 1. The average Bonchev–Trinajstić information content (AvgIpc) is 2.44. The Bertz CT molecular complexity index is 797. The molecule has 0 unspecified atom stereocenters. The number of nitrogens with zero attached hydrogens (tertiary/aromatic N) is 2. The molecule has 0 atom stereocenters. The summed E-state index contributed by atoms with van der Waals surface area (Å²) in [5, 5.41) is 0. The van der Waals surface area contributed by atoms with Gasteiger partial charge in [-0.25, -0.2) is 14.8 Å². The van der Waals surface area contributed by atoms with Gasteiger partial charge in [0.2, 0.25) is 0 Å². The van der Waals surface area contributed by atoms with E-state index in [2.05, 4.69) is 9.97 Å². The van der Waals surface area contributed by atoms with Gasteiger partial charge in [-0.15, -0.1) is 0 Å². The summed E-state index contributed by atoms with van der Waals surface area (Å²) in [6.45, 7) is 1.99. The molecular weight excluding hydrogens is 240 g/mol. The van der Waals surface area contributed by atoms with Crippen LogP contribution in [0.5, 0.6) is 0 Å². The highest BCUT2D eigenvalue weighted by Crippen LogP contribution is 2.20. The number of para-hydroxylation sites is 1. The summed E-state index contributed by atoms with van der Waals surface area (Å²) in [6.07, 6.45) is 0. The van der Waals surface area contributed by atoms with Gasteiger partial charge in [-0.05, 0) is 36.8 Å². The molecule has 0 bridgehead atoms. The third-order valence-corrected chi connectivity index (χ3v) is 3.09. The molecule has 0 N–H and O–H groups in total. The van der Waals surface area contributed by atoms with Crippen LogP contribution in [0.1, 0.15) is 15.9 Å².